The topological polar surface area (TPSA) is 16.1 Å². The normalized spacial score (nSPS) is 18.3. The predicted octanol–water partition coefficient (Wildman–Crippen LogP) is 1.66. The average Bonchev–Trinajstić information content (AvgIpc) is 2.27. The second kappa shape index (κ2) is 2.91. The van der Waals surface area contributed by atoms with Crippen molar-refractivity contribution in [1.29, 1.82) is 0 Å². The van der Waals surface area contributed by atoms with Crippen molar-refractivity contribution in [2.75, 3.05) is 13.1 Å². The highest BCUT2D eigenvalue weighted by Crippen LogP contribution is 2.14. The lowest BCUT2D eigenvalue weighted by atomic mass is 10.2. The summed E-state index contributed by atoms with van der Waals surface area (Å²) < 4.78 is 0. The van der Waals surface area contributed by atoms with Gasteiger partial charge < -0.3 is 0 Å². The lowest BCUT2D eigenvalue weighted by Crippen LogP contribution is -2.36. The number of aromatic nitrogens is 1. The minimum atomic E-state index is 1.06. The van der Waals surface area contributed by atoms with E-state index < -0.39 is 0 Å². The van der Waals surface area contributed by atoms with E-state index in [-0.39, 0.29) is 0 Å². The highest BCUT2D eigenvalue weighted by Gasteiger charge is 2.14. The SMILES string of the molecule is Cc1nc(CN2CCC2)cs1. The molecule has 1 aromatic heterocycles. The molecular weight excluding hydrogens is 156 g/mol. The summed E-state index contributed by atoms with van der Waals surface area (Å²) in [5, 5.41) is 3.34. The molecule has 2 rings (SSSR count). The van der Waals surface area contributed by atoms with Gasteiger partial charge in [-0.05, 0) is 26.4 Å². The summed E-state index contributed by atoms with van der Waals surface area (Å²) in [6.45, 7) is 5.64. The largest absolute Gasteiger partial charge is 0.297 e. The molecule has 3 heteroatoms. The molecule has 0 N–H and O–H groups in total. The smallest absolute Gasteiger partial charge is 0.0897 e. The maximum Gasteiger partial charge on any atom is 0.0897 e. The molecular formula is C8H12N2S. The zero-order valence-corrected chi connectivity index (χ0v) is 7.52. The third kappa shape index (κ3) is 1.60. The van der Waals surface area contributed by atoms with Gasteiger partial charge in [0, 0.05) is 11.9 Å². The molecule has 11 heavy (non-hydrogen) atoms. The minimum absolute atomic E-state index is 1.06. The lowest BCUT2D eigenvalue weighted by molar-refractivity contribution is 0.171. The lowest BCUT2D eigenvalue weighted by Gasteiger charge is -2.29. The molecule has 2 nitrogen and oxygen atoms in total. The summed E-state index contributed by atoms with van der Waals surface area (Å²) in [4.78, 5) is 6.83. The Labute approximate surface area is 70.9 Å². The first-order valence-corrected chi connectivity index (χ1v) is 4.86. The quantitative estimate of drug-likeness (QED) is 0.667. The van der Waals surface area contributed by atoms with Gasteiger partial charge in [0.25, 0.3) is 0 Å². The molecule has 0 spiro atoms. The summed E-state index contributed by atoms with van der Waals surface area (Å²) in [6, 6.07) is 0. The monoisotopic (exact) mass is 168 g/mol. The maximum absolute atomic E-state index is 4.41. The molecule has 0 radical (unpaired) electrons. The molecule has 0 unspecified atom stereocenters. The minimum Gasteiger partial charge on any atom is -0.297 e. The van der Waals surface area contributed by atoms with Crippen LogP contribution in [-0.2, 0) is 6.54 Å². The first-order chi connectivity index (χ1) is 5.34. The van der Waals surface area contributed by atoms with Gasteiger partial charge in [-0.15, -0.1) is 11.3 Å². The van der Waals surface area contributed by atoms with Crippen molar-refractivity contribution in [3.05, 3.63) is 16.1 Å². The van der Waals surface area contributed by atoms with Crippen LogP contribution in [0.4, 0.5) is 0 Å². The summed E-state index contributed by atoms with van der Waals surface area (Å²) in [5.41, 5.74) is 1.24. The van der Waals surface area contributed by atoms with Crippen LogP contribution in [-0.4, -0.2) is 23.0 Å². The van der Waals surface area contributed by atoms with Gasteiger partial charge >= 0.3 is 0 Å². The Balaban J connectivity index is 1.95. The molecule has 0 saturated carbocycles. The van der Waals surface area contributed by atoms with Crippen LogP contribution < -0.4 is 0 Å². The van der Waals surface area contributed by atoms with Gasteiger partial charge in [-0.1, -0.05) is 0 Å². The Morgan fingerprint density at radius 1 is 1.64 bits per heavy atom. The summed E-state index contributed by atoms with van der Waals surface area (Å²) in [5.74, 6) is 0. The number of rotatable bonds is 2. The van der Waals surface area contributed by atoms with E-state index in [0.29, 0.717) is 0 Å². The highest BCUT2D eigenvalue weighted by molar-refractivity contribution is 7.09. The van der Waals surface area contributed by atoms with Crippen molar-refractivity contribution in [3.63, 3.8) is 0 Å². The zero-order valence-electron chi connectivity index (χ0n) is 6.71. The molecule has 2 heterocycles. The molecule has 0 aromatic carbocycles. The molecule has 1 aliphatic rings. The number of likely N-dealkylation sites (tertiary alicyclic amines) is 1. The van der Waals surface area contributed by atoms with Crippen LogP contribution in [0, 0.1) is 6.92 Å². The van der Waals surface area contributed by atoms with Crippen LogP contribution in [0.3, 0.4) is 0 Å². The van der Waals surface area contributed by atoms with Gasteiger partial charge in [-0.25, -0.2) is 4.98 Å². The van der Waals surface area contributed by atoms with Crippen molar-refractivity contribution in [3.8, 4) is 0 Å². The van der Waals surface area contributed by atoms with E-state index in [1.807, 2.05) is 0 Å². The van der Waals surface area contributed by atoms with Gasteiger partial charge in [0.2, 0.25) is 0 Å². The van der Waals surface area contributed by atoms with Crippen LogP contribution >= 0.6 is 11.3 Å². The molecule has 0 amide bonds. The molecule has 0 atom stereocenters. The van der Waals surface area contributed by atoms with E-state index in [9.17, 15) is 0 Å². The fourth-order valence-electron chi connectivity index (χ4n) is 1.25. The van der Waals surface area contributed by atoms with Crippen molar-refractivity contribution in [2.24, 2.45) is 0 Å². The third-order valence-electron chi connectivity index (χ3n) is 2.00. The molecule has 1 aliphatic heterocycles. The van der Waals surface area contributed by atoms with Crippen LogP contribution in [0.1, 0.15) is 17.1 Å². The maximum atomic E-state index is 4.41. The predicted molar refractivity (Wildman–Crippen MR) is 46.7 cm³/mol. The number of hydrogen-bond acceptors (Lipinski definition) is 3. The summed E-state index contributed by atoms with van der Waals surface area (Å²) >= 11 is 1.74. The number of thiazole rings is 1. The molecule has 0 bridgehead atoms. The van der Waals surface area contributed by atoms with Crippen molar-refractivity contribution in [1.82, 2.24) is 9.88 Å². The van der Waals surface area contributed by atoms with Crippen molar-refractivity contribution in [2.45, 2.75) is 19.9 Å². The molecule has 60 valence electrons. The van der Waals surface area contributed by atoms with Crippen LogP contribution in [0.15, 0.2) is 5.38 Å². The Morgan fingerprint density at radius 3 is 2.91 bits per heavy atom. The van der Waals surface area contributed by atoms with Gasteiger partial charge in [-0.3, -0.25) is 4.90 Å². The van der Waals surface area contributed by atoms with E-state index in [0.717, 1.165) is 6.54 Å². The standard InChI is InChI=1S/C8H12N2S/c1-7-9-8(6-11-7)5-10-3-2-4-10/h6H,2-5H2,1H3. The van der Waals surface area contributed by atoms with Crippen molar-refractivity contribution < 1.29 is 0 Å². The van der Waals surface area contributed by atoms with Gasteiger partial charge in [-0.2, -0.15) is 0 Å². The average molecular weight is 168 g/mol. The van der Waals surface area contributed by atoms with E-state index in [1.54, 1.807) is 11.3 Å². The Hall–Kier alpha value is -0.410. The zero-order chi connectivity index (χ0) is 7.68. The molecule has 1 saturated heterocycles. The molecule has 0 aliphatic carbocycles. The van der Waals surface area contributed by atoms with Gasteiger partial charge in [0.05, 0.1) is 10.7 Å². The Morgan fingerprint density at radius 2 is 2.45 bits per heavy atom. The Bertz CT molecular complexity index is 240. The van der Waals surface area contributed by atoms with Crippen LogP contribution in [0.2, 0.25) is 0 Å². The first-order valence-electron chi connectivity index (χ1n) is 3.98. The molecule has 1 aromatic rings. The van der Waals surface area contributed by atoms with Crippen molar-refractivity contribution >= 4 is 11.3 Å². The van der Waals surface area contributed by atoms with E-state index in [1.165, 1.54) is 30.2 Å². The second-order valence-corrected chi connectivity index (χ2v) is 4.05. The number of aryl methyl sites for hydroxylation is 1. The Kier molecular flexibility index (Phi) is 1.92. The van der Waals surface area contributed by atoms with Crippen LogP contribution in [0.25, 0.3) is 0 Å². The van der Waals surface area contributed by atoms with Crippen LogP contribution in [0.5, 0.6) is 0 Å². The second-order valence-electron chi connectivity index (χ2n) is 2.99. The number of nitrogens with zero attached hydrogens (tertiary/aromatic N) is 2. The first kappa shape index (κ1) is 7.25. The third-order valence-corrected chi connectivity index (χ3v) is 2.82. The van der Waals surface area contributed by atoms with E-state index in [2.05, 4.69) is 22.2 Å². The molecule has 1 fully saturated rings. The van der Waals surface area contributed by atoms with Gasteiger partial charge in [0.1, 0.15) is 0 Å². The highest BCUT2D eigenvalue weighted by atomic mass is 32.1. The fourth-order valence-corrected chi connectivity index (χ4v) is 1.85. The summed E-state index contributed by atoms with van der Waals surface area (Å²) in [6.07, 6.45) is 1.36. The van der Waals surface area contributed by atoms with Gasteiger partial charge in [0.15, 0.2) is 0 Å². The van der Waals surface area contributed by atoms with E-state index >= 15 is 0 Å². The fraction of sp³-hybridized carbons (Fsp3) is 0.625. The number of hydrogen-bond donors (Lipinski definition) is 0. The van der Waals surface area contributed by atoms with E-state index in [4.69, 9.17) is 0 Å². The summed E-state index contributed by atoms with van der Waals surface area (Å²) in [7, 11) is 0.